The van der Waals surface area contributed by atoms with Crippen LogP contribution in [0.2, 0.25) is 0 Å². The summed E-state index contributed by atoms with van der Waals surface area (Å²) in [6, 6.07) is 1.97. The zero-order chi connectivity index (χ0) is 12.8. The fourth-order valence-corrected chi connectivity index (χ4v) is 2.22. The number of ether oxygens (including phenoxy) is 1. The Morgan fingerprint density at radius 2 is 2.17 bits per heavy atom. The van der Waals surface area contributed by atoms with Gasteiger partial charge in [-0.15, -0.1) is 0 Å². The summed E-state index contributed by atoms with van der Waals surface area (Å²) in [5, 5.41) is 13.0. The largest absolute Gasteiger partial charge is 0.394 e. The standard InChI is InChI=1S/C13H21N3O2/c1-2-3-11-8-12(15-10-14-11)16-13(9-17)4-6-18-7-5-13/h8,10,17H,2-7,9H2,1H3,(H,14,15,16). The Bertz CT molecular complexity index is 378. The van der Waals surface area contributed by atoms with Crippen LogP contribution in [0.5, 0.6) is 0 Å². The highest BCUT2D eigenvalue weighted by atomic mass is 16.5. The summed E-state index contributed by atoms with van der Waals surface area (Å²) in [4.78, 5) is 8.47. The van der Waals surface area contributed by atoms with Crippen LogP contribution in [0.3, 0.4) is 0 Å². The van der Waals surface area contributed by atoms with Gasteiger partial charge in [-0.05, 0) is 19.3 Å². The lowest BCUT2D eigenvalue weighted by Crippen LogP contribution is -2.47. The van der Waals surface area contributed by atoms with Crippen LogP contribution >= 0.6 is 0 Å². The van der Waals surface area contributed by atoms with Gasteiger partial charge in [0, 0.05) is 25.0 Å². The normalized spacial score (nSPS) is 18.6. The predicted octanol–water partition coefficient (Wildman–Crippen LogP) is 1.38. The van der Waals surface area contributed by atoms with Gasteiger partial charge in [-0.3, -0.25) is 0 Å². The van der Waals surface area contributed by atoms with Crippen LogP contribution in [0.25, 0.3) is 0 Å². The van der Waals surface area contributed by atoms with Gasteiger partial charge in [0.1, 0.15) is 12.1 Å². The van der Waals surface area contributed by atoms with Crippen molar-refractivity contribution >= 4 is 5.82 Å². The van der Waals surface area contributed by atoms with Crippen LogP contribution in [0.1, 0.15) is 31.9 Å². The number of rotatable bonds is 5. The van der Waals surface area contributed by atoms with E-state index in [2.05, 4.69) is 22.2 Å². The molecular formula is C13H21N3O2. The molecule has 1 aromatic rings. The van der Waals surface area contributed by atoms with Crippen molar-refractivity contribution in [2.75, 3.05) is 25.1 Å². The zero-order valence-electron chi connectivity index (χ0n) is 10.9. The number of nitrogens with zero attached hydrogens (tertiary/aromatic N) is 2. The van der Waals surface area contributed by atoms with Gasteiger partial charge in [-0.1, -0.05) is 13.3 Å². The van der Waals surface area contributed by atoms with Crippen LogP contribution in [0.4, 0.5) is 5.82 Å². The van der Waals surface area contributed by atoms with Crippen LogP contribution in [0.15, 0.2) is 12.4 Å². The molecule has 0 atom stereocenters. The Kier molecular flexibility index (Phi) is 4.49. The van der Waals surface area contributed by atoms with Crippen molar-refractivity contribution in [3.8, 4) is 0 Å². The Balaban J connectivity index is 2.08. The van der Waals surface area contributed by atoms with E-state index in [-0.39, 0.29) is 12.1 Å². The SMILES string of the molecule is CCCc1cc(NC2(CO)CCOCC2)ncn1. The van der Waals surface area contributed by atoms with Crippen molar-refractivity contribution in [1.82, 2.24) is 9.97 Å². The van der Waals surface area contributed by atoms with Crippen molar-refractivity contribution in [2.24, 2.45) is 0 Å². The number of anilines is 1. The average Bonchev–Trinajstić information content (AvgIpc) is 2.41. The summed E-state index contributed by atoms with van der Waals surface area (Å²) in [6.45, 7) is 3.59. The van der Waals surface area contributed by atoms with E-state index in [0.717, 1.165) is 37.2 Å². The van der Waals surface area contributed by atoms with E-state index >= 15 is 0 Å². The molecule has 2 N–H and O–H groups in total. The number of hydrogen-bond donors (Lipinski definition) is 2. The molecule has 1 aliphatic heterocycles. The lowest BCUT2D eigenvalue weighted by molar-refractivity contribution is 0.0378. The topological polar surface area (TPSA) is 67.3 Å². The maximum Gasteiger partial charge on any atom is 0.130 e. The van der Waals surface area contributed by atoms with Crippen LogP contribution in [0, 0.1) is 0 Å². The second kappa shape index (κ2) is 6.11. The van der Waals surface area contributed by atoms with Crippen LogP contribution < -0.4 is 5.32 Å². The molecule has 0 saturated carbocycles. The van der Waals surface area contributed by atoms with Gasteiger partial charge in [0.05, 0.1) is 12.1 Å². The molecule has 0 aliphatic carbocycles. The highest BCUT2D eigenvalue weighted by molar-refractivity contribution is 5.38. The minimum absolute atomic E-state index is 0.101. The van der Waals surface area contributed by atoms with Gasteiger partial charge < -0.3 is 15.2 Å². The maximum absolute atomic E-state index is 9.61. The van der Waals surface area contributed by atoms with E-state index in [1.165, 1.54) is 0 Å². The van der Waals surface area contributed by atoms with E-state index in [4.69, 9.17) is 4.74 Å². The minimum atomic E-state index is -0.296. The second-order valence-corrected chi connectivity index (χ2v) is 4.82. The summed E-state index contributed by atoms with van der Waals surface area (Å²) >= 11 is 0. The Hall–Kier alpha value is -1.20. The number of nitrogens with one attached hydrogen (secondary N) is 1. The molecule has 100 valence electrons. The van der Waals surface area contributed by atoms with Gasteiger partial charge in [-0.2, -0.15) is 0 Å². The summed E-state index contributed by atoms with van der Waals surface area (Å²) in [7, 11) is 0. The zero-order valence-corrected chi connectivity index (χ0v) is 10.9. The predicted molar refractivity (Wildman–Crippen MR) is 69.5 cm³/mol. The molecule has 0 radical (unpaired) electrons. The van der Waals surface area contributed by atoms with Crippen LogP contribution in [-0.2, 0) is 11.2 Å². The van der Waals surface area contributed by atoms with E-state index in [1.807, 2.05) is 6.07 Å². The number of aliphatic hydroxyl groups is 1. The Labute approximate surface area is 108 Å². The minimum Gasteiger partial charge on any atom is -0.394 e. The third-order valence-electron chi connectivity index (χ3n) is 3.38. The fourth-order valence-electron chi connectivity index (χ4n) is 2.22. The number of aryl methyl sites for hydroxylation is 1. The monoisotopic (exact) mass is 251 g/mol. The molecule has 2 heterocycles. The van der Waals surface area contributed by atoms with Crippen molar-refractivity contribution in [3.63, 3.8) is 0 Å². The molecule has 1 saturated heterocycles. The van der Waals surface area contributed by atoms with E-state index in [0.29, 0.717) is 13.2 Å². The molecular weight excluding hydrogens is 230 g/mol. The Morgan fingerprint density at radius 1 is 1.39 bits per heavy atom. The van der Waals surface area contributed by atoms with Crippen LogP contribution in [-0.4, -0.2) is 40.4 Å². The molecule has 0 bridgehead atoms. The molecule has 2 rings (SSSR count). The third kappa shape index (κ3) is 3.17. The van der Waals surface area contributed by atoms with E-state index in [1.54, 1.807) is 6.33 Å². The smallest absolute Gasteiger partial charge is 0.130 e. The summed E-state index contributed by atoms with van der Waals surface area (Å²) in [5.41, 5.74) is 0.742. The number of aromatic nitrogens is 2. The van der Waals surface area contributed by atoms with E-state index in [9.17, 15) is 5.11 Å². The van der Waals surface area contributed by atoms with Gasteiger partial charge in [0.15, 0.2) is 0 Å². The molecule has 5 nitrogen and oxygen atoms in total. The average molecular weight is 251 g/mol. The van der Waals surface area contributed by atoms with Crippen molar-refractivity contribution in [1.29, 1.82) is 0 Å². The summed E-state index contributed by atoms with van der Waals surface area (Å²) in [6.07, 6.45) is 5.20. The summed E-state index contributed by atoms with van der Waals surface area (Å²) in [5.74, 6) is 0.796. The van der Waals surface area contributed by atoms with Gasteiger partial charge in [0.2, 0.25) is 0 Å². The fraction of sp³-hybridized carbons (Fsp3) is 0.692. The highest BCUT2D eigenvalue weighted by Gasteiger charge is 2.32. The van der Waals surface area contributed by atoms with Crippen molar-refractivity contribution in [3.05, 3.63) is 18.1 Å². The molecule has 5 heteroatoms. The van der Waals surface area contributed by atoms with Crippen molar-refractivity contribution in [2.45, 2.75) is 38.1 Å². The number of aliphatic hydroxyl groups excluding tert-OH is 1. The summed E-state index contributed by atoms with van der Waals surface area (Å²) < 4.78 is 5.34. The lowest BCUT2D eigenvalue weighted by Gasteiger charge is -2.36. The first-order chi connectivity index (χ1) is 8.78. The lowest BCUT2D eigenvalue weighted by atomic mass is 9.91. The third-order valence-corrected chi connectivity index (χ3v) is 3.38. The van der Waals surface area contributed by atoms with Gasteiger partial charge in [-0.25, -0.2) is 9.97 Å². The second-order valence-electron chi connectivity index (χ2n) is 4.82. The molecule has 18 heavy (non-hydrogen) atoms. The van der Waals surface area contributed by atoms with Gasteiger partial charge in [0.25, 0.3) is 0 Å². The first kappa shape index (κ1) is 13.2. The quantitative estimate of drug-likeness (QED) is 0.827. The Morgan fingerprint density at radius 3 is 2.83 bits per heavy atom. The highest BCUT2D eigenvalue weighted by Crippen LogP contribution is 2.24. The molecule has 0 amide bonds. The first-order valence-electron chi connectivity index (χ1n) is 6.56. The number of hydrogen-bond acceptors (Lipinski definition) is 5. The van der Waals surface area contributed by atoms with Gasteiger partial charge >= 0.3 is 0 Å². The van der Waals surface area contributed by atoms with E-state index < -0.39 is 0 Å². The molecule has 0 spiro atoms. The molecule has 0 unspecified atom stereocenters. The molecule has 1 aliphatic rings. The van der Waals surface area contributed by atoms with Crippen molar-refractivity contribution < 1.29 is 9.84 Å². The molecule has 1 fully saturated rings. The first-order valence-corrected chi connectivity index (χ1v) is 6.56. The maximum atomic E-state index is 9.61. The molecule has 1 aromatic heterocycles. The molecule has 0 aromatic carbocycles.